The average molecular weight is 333 g/mol. The van der Waals surface area contributed by atoms with Crippen LogP contribution in [-0.2, 0) is 9.53 Å². The molecule has 1 fully saturated rings. The lowest BCUT2D eigenvalue weighted by Crippen LogP contribution is -2.53. The Morgan fingerprint density at radius 3 is 2.75 bits per heavy atom. The number of hydrogen-bond acceptors (Lipinski definition) is 4. The minimum atomic E-state index is -0.571. The van der Waals surface area contributed by atoms with Gasteiger partial charge in [-0.1, -0.05) is 6.07 Å². The molecule has 2 rings (SSSR count). The van der Waals surface area contributed by atoms with Crippen LogP contribution in [-0.4, -0.2) is 40.1 Å². The highest BCUT2D eigenvalue weighted by molar-refractivity contribution is 5.86. The number of hydrogen-bond donors (Lipinski definition) is 1. The number of aromatic nitrogens is 1. The fourth-order valence-electron chi connectivity index (χ4n) is 2.77. The summed E-state index contributed by atoms with van der Waals surface area (Å²) >= 11 is 0. The minimum absolute atomic E-state index is 0.142. The molecule has 1 saturated heterocycles. The third kappa shape index (κ3) is 4.94. The maximum absolute atomic E-state index is 12.7. The Labute approximate surface area is 143 Å². The summed E-state index contributed by atoms with van der Waals surface area (Å²) in [4.78, 5) is 30.7. The number of nitrogens with zero attached hydrogens (tertiary/aromatic N) is 2. The van der Waals surface area contributed by atoms with Gasteiger partial charge >= 0.3 is 6.09 Å². The van der Waals surface area contributed by atoms with Crippen LogP contribution in [0, 0.1) is 0 Å². The molecular weight excluding hydrogens is 306 g/mol. The van der Waals surface area contributed by atoms with E-state index in [1.807, 2.05) is 39.8 Å². The smallest absolute Gasteiger partial charge is 0.410 e. The molecule has 1 aromatic heterocycles. The van der Waals surface area contributed by atoms with E-state index in [0.717, 1.165) is 18.4 Å². The van der Waals surface area contributed by atoms with Gasteiger partial charge in [-0.2, -0.15) is 0 Å². The van der Waals surface area contributed by atoms with Gasteiger partial charge in [0.1, 0.15) is 11.6 Å². The van der Waals surface area contributed by atoms with E-state index >= 15 is 0 Å². The van der Waals surface area contributed by atoms with Crippen molar-refractivity contribution < 1.29 is 14.3 Å². The lowest BCUT2D eigenvalue weighted by atomic mass is 10.0. The predicted octanol–water partition coefficient (Wildman–Crippen LogP) is 3.05. The van der Waals surface area contributed by atoms with Crippen molar-refractivity contribution in [1.29, 1.82) is 0 Å². The molecule has 2 atom stereocenters. The Morgan fingerprint density at radius 2 is 2.12 bits per heavy atom. The first-order valence-electron chi connectivity index (χ1n) is 8.48. The van der Waals surface area contributed by atoms with Crippen molar-refractivity contribution in [1.82, 2.24) is 15.2 Å². The largest absolute Gasteiger partial charge is 0.444 e. The maximum Gasteiger partial charge on any atom is 0.410 e. The predicted molar refractivity (Wildman–Crippen MR) is 91.4 cm³/mol. The lowest BCUT2D eigenvalue weighted by molar-refractivity contribution is -0.128. The third-order valence-corrected chi connectivity index (χ3v) is 3.98. The van der Waals surface area contributed by atoms with Gasteiger partial charge in [-0.05, 0) is 58.6 Å². The van der Waals surface area contributed by atoms with E-state index in [-0.39, 0.29) is 11.9 Å². The number of likely N-dealkylation sites (tertiary alicyclic amines) is 1. The molecule has 1 aliphatic heterocycles. The molecule has 24 heavy (non-hydrogen) atoms. The van der Waals surface area contributed by atoms with Crippen LogP contribution >= 0.6 is 0 Å². The molecule has 1 aliphatic rings. The summed E-state index contributed by atoms with van der Waals surface area (Å²) in [6, 6.07) is 3.12. The Bertz CT molecular complexity index is 569. The topological polar surface area (TPSA) is 71.5 Å². The second-order valence-electron chi connectivity index (χ2n) is 7.20. The summed E-state index contributed by atoms with van der Waals surface area (Å²) in [7, 11) is 0. The van der Waals surface area contributed by atoms with E-state index in [9.17, 15) is 9.59 Å². The Morgan fingerprint density at radius 1 is 1.38 bits per heavy atom. The Kier molecular flexibility index (Phi) is 5.80. The van der Waals surface area contributed by atoms with Crippen LogP contribution in [0.4, 0.5) is 4.79 Å². The van der Waals surface area contributed by atoms with E-state index < -0.39 is 17.7 Å². The van der Waals surface area contributed by atoms with Crippen LogP contribution in [0.1, 0.15) is 58.6 Å². The van der Waals surface area contributed by atoms with Gasteiger partial charge in [0.25, 0.3) is 0 Å². The number of carbonyl (C=O) groups is 2. The zero-order valence-electron chi connectivity index (χ0n) is 14.9. The van der Waals surface area contributed by atoms with Crippen molar-refractivity contribution >= 4 is 12.0 Å². The number of carbonyl (C=O) groups excluding carboxylic acids is 2. The molecule has 0 aliphatic carbocycles. The van der Waals surface area contributed by atoms with Gasteiger partial charge in [0, 0.05) is 18.9 Å². The summed E-state index contributed by atoms with van der Waals surface area (Å²) in [5.41, 5.74) is 0.365. The van der Waals surface area contributed by atoms with Gasteiger partial charge in [0.15, 0.2) is 0 Å². The van der Waals surface area contributed by atoms with Crippen LogP contribution in [0.3, 0.4) is 0 Å². The van der Waals surface area contributed by atoms with Crippen LogP contribution < -0.4 is 5.32 Å². The molecule has 0 unspecified atom stereocenters. The number of piperidine rings is 1. The fraction of sp³-hybridized carbons (Fsp3) is 0.611. The lowest BCUT2D eigenvalue weighted by Gasteiger charge is -2.36. The molecule has 1 aromatic rings. The molecular formula is C18H27N3O3. The zero-order chi connectivity index (χ0) is 17.7. The van der Waals surface area contributed by atoms with Crippen molar-refractivity contribution in [3.05, 3.63) is 30.1 Å². The molecule has 132 valence electrons. The molecule has 6 nitrogen and oxygen atoms in total. The van der Waals surface area contributed by atoms with Gasteiger partial charge in [0.2, 0.25) is 5.91 Å². The maximum atomic E-state index is 12.7. The number of ether oxygens (including phenoxy) is 1. The van der Waals surface area contributed by atoms with Crippen molar-refractivity contribution in [3.63, 3.8) is 0 Å². The van der Waals surface area contributed by atoms with Crippen LogP contribution in [0.25, 0.3) is 0 Å². The summed E-state index contributed by atoms with van der Waals surface area (Å²) < 4.78 is 5.44. The van der Waals surface area contributed by atoms with Crippen molar-refractivity contribution in [3.8, 4) is 0 Å². The SMILES string of the molecule is C[C@@H](NC(=O)[C@H]1CCCCN1C(=O)OC(C)(C)C)c1cccnc1. The molecule has 0 radical (unpaired) electrons. The fourth-order valence-corrected chi connectivity index (χ4v) is 2.77. The van der Waals surface area contributed by atoms with Gasteiger partial charge in [-0.3, -0.25) is 14.7 Å². The number of rotatable bonds is 3. The van der Waals surface area contributed by atoms with Crippen molar-refractivity contribution in [2.75, 3.05) is 6.54 Å². The first-order chi connectivity index (χ1) is 11.3. The van der Waals surface area contributed by atoms with Gasteiger partial charge in [0.05, 0.1) is 6.04 Å². The highest BCUT2D eigenvalue weighted by Crippen LogP contribution is 2.21. The summed E-state index contributed by atoms with van der Waals surface area (Å²) in [5.74, 6) is -0.142. The molecule has 0 bridgehead atoms. The van der Waals surface area contributed by atoms with E-state index in [1.165, 1.54) is 0 Å². The first kappa shape index (κ1) is 18.2. The monoisotopic (exact) mass is 333 g/mol. The van der Waals surface area contributed by atoms with E-state index in [0.29, 0.717) is 13.0 Å². The van der Waals surface area contributed by atoms with E-state index in [4.69, 9.17) is 4.74 Å². The third-order valence-electron chi connectivity index (χ3n) is 3.98. The standard InChI is InChI=1S/C18H27N3O3/c1-13(14-8-7-10-19-12-14)20-16(22)15-9-5-6-11-21(15)17(23)24-18(2,3)4/h7-8,10,12-13,15H,5-6,9,11H2,1-4H3,(H,20,22)/t13-,15-/m1/s1. The number of pyridine rings is 1. The first-order valence-corrected chi connectivity index (χ1v) is 8.48. The number of amides is 2. The van der Waals surface area contributed by atoms with E-state index in [1.54, 1.807) is 17.3 Å². The quantitative estimate of drug-likeness (QED) is 0.923. The molecule has 0 aromatic carbocycles. The Hall–Kier alpha value is -2.11. The zero-order valence-corrected chi connectivity index (χ0v) is 14.9. The van der Waals surface area contributed by atoms with Gasteiger partial charge in [-0.25, -0.2) is 4.79 Å². The van der Waals surface area contributed by atoms with Crippen LogP contribution in [0.15, 0.2) is 24.5 Å². The van der Waals surface area contributed by atoms with Gasteiger partial charge in [-0.15, -0.1) is 0 Å². The molecule has 6 heteroatoms. The molecule has 2 heterocycles. The average Bonchev–Trinajstić information content (AvgIpc) is 2.54. The van der Waals surface area contributed by atoms with Crippen molar-refractivity contribution in [2.45, 2.75) is 64.6 Å². The van der Waals surface area contributed by atoms with E-state index in [2.05, 4.69) is 10.3 Å². The second-order valence-corrected chi connectivity index (χ2v) is 7.20. The molecule has 2 amide bonds. The summed E-state index contributed by atoms with van der Waals surface area (Å²) in [6.45, 7) is 7.95. The van der Waals surface area contributed by atoms with Crippen LogP contribution in [0.5, 0.6) is 0 Å². The number of nitrogens with one attached hydrogen (secondary N) is 1. The summed E-state index contributed by atoms with van der Waals surface area (Å²) in [6.07, 6.45) is 5.49. The van der Waals surface area contributed by atoms with Crippen molar-refractivity contribution in [2.24, 2.45) is 0 Å². The Balaban J connectivity index is 2.03. The molecule has 1 N–H and O–H groups in total. The molecule has 0 spiro atoms. The van der Waals surface area contributed by atoms with Gasteiger partial charge < -0.3 is 10.1 Å². The summed E-state index contributed by atoms with van der Waals surface area (Å²) in [5, 5.41) is 2.99. The van der Waals surface area contributed by atoms with Crippen LogP contribution in [0.2, 0.25) is 0 Å². The molecule has 0 saturated carbocycles. The normalized spacial score (nSPS) is 19.5. The minimum Gasteiger partial charge on any atom is -0.444 e. The second kappa shape index (κ2) is 7.64. The highest BCUT2D eigenvalue weighted by Gasteiger charge is 2.35. The highest BCUT2D eigenvalue weighted by atomic mass is 16.6.